The van der Waals surface area contributed by atoms with Crippen LogP contribution in [-0.4, -0.2) is 44.8 Å². The lowest BCUT2D eigenvalue weighted by molar-refractivity contribution is -0.236. The minimum Gasteiger partial charge on any atom is -0.481 e. The second kappa shape index (κ2) is 12.7. The maximum atomic E-state index is 14.0. The van der Waals surface area contributed by atoms with Crippen LogP contribution in [0.15, 0.2) is 29.6 Å². The average molecular weight is 730 g/mol. The van der Waals surface area contributed by atoms with Gasteiger partial charge in [-0.3, -0.25) is 19.2 Å². The highest BCUT2D eigenvalue weighted by Gasteiger charge is 2.70. The van der Waals surface area contributed by atoms with Crippen molar-refractivity contribution in [3.8, 4) is 0 Å². The number of carboxylic acid groups (broad SMARTS) is 1. The second-order valence-corrected chi connectivity index (χ2v) is 20.4. The van der Waals surface area contributed by atoms with E-state index >= 15 is 0 Å². The van der Waals surface area contributed by atoms with Gasteiger partial charge in [-0.2, -0.15) is 0 Å². The Balaban J connectivity index is 1.13. The van der Waals surface area contributed by atoms with E-state index < -0.39 is 22.7 Å². The van der Waals surface area contributed by atoms with Gasteiger partial charge in [0.15, 0.2) is 5.78 Å². The number of carbonyl (C=O) groups is 4. The number of ketones is 1. The van der Waals surface area contributed by atoms with Crippen LogP contribution < -0.4 is 5.32 Å². The van der Waals surface area contributed by atoms with Crippen LogP contribution in [0.3, 0.4) is 0 Å². The first-order chi connectivity index (χ1) is 24.7. The second-order valence-electron chi connectivity index (χ2n) is 20.4. The third kappa shape index (κ3) is 5.58. The lowest BCUT2D eigenvalue weighted by atomic mass is 9.33. The van der Waals surface area contributed by atoms with Gasteiger partial charge in [-0.05, 0) is 115 Å². The number of ether oxygens (including phenoxy) is 1. The Morgan fingerprint density at radius 3 is 2.21 bits per heavy atom. The number of Topliss-reactive ketones (excluding diaryl/α,β-unsaturated/α-hetero) is 1. The van der Waals surface area contributed by atoms with Gasteiger partial charge in [0.05, 0.1) is 18.4 Å². The van der Waals surface area contributed by atoms with Crippen molar-refractivity contribution in [2.75, 3.05) is 0 Å². The van der Waals surface area contributed by atoms with Gasteiger partial charge in [0, 0.05) is 36.1 Å². The number of nitrogens with zero attached hydrogens (tertiary/aromatic N) is 2. The SMILES string of the molecule is CC(C)C1=C2[C@H]3CC[C@@H]4[C@@]5(C)CC[C@H](OC(=O)[C@H]6C[C@@H](C(=O)O)C6(C)C)C(C)(C)[C@@H]5CC[C@@]4(C)[C@]3(C)CCC2(CC(=O)NCc2ncccn2)CC1=O. The van der Waals surface area contributed by atoms with Crippen LogP contribution in [0.4, 0.5) is 0 Å². The average Bonchev–Trinajstić information content (AvgIpc) is 3.37. The minimum absolute atomic E-state index is 0.00815. The van der Waals surface area contributed by atoms with E-state index in [2.05, 4.69) is 63.8 Å². The molecule has 0 radical (unpaired) electrons. The number of amides is 1. The number of aromatic nitrogens is 2. The Hall–Kier alpha value is -3.10. The highest BCUT2D eigenvalue weighted by Crippen LogP contribution is 2.77. The third-order valence-corrected chi connectivity index (χ3v) is 17.2. The monoisotopic (exact) mass is 729 g/mol. The van der Waals surface area contributed by atoms with E-state index in [1.165, 1.54) is 5.57 Å². The van der Waals surface area contributed by atoms with Gasteiger partial charge in [-0.15, -0.1) is 0 Å². The summed E-state index contributed by atoms with van der Waals surface area (Å²) in [4.78, 5) is 61.5. The summed E-state index contributed by atoms with van der Waals surface area (Å²) in [5.74, 6) is 0.0858. The molecule has 0 bridgehead atoms. The molecule has 1 aromatic heterocycles. The lowest BCUT2D eigenvalue weighted by Gasteiger charge is -2.72. The molecule has 10 atom stereocenters. The molecule has 53 heavy (non-hydrogen) atoms. The van der Waals surface area contributed by atoms with Crippen molar-refractivity contribution in [3.63, 3.8) is 0 Å². The maximum Gasteiger partial charge on any atom is 0.309 e. The Morgan fingerprint density at radius 2 is 1.57 bits per heavy atom. The lowest BCUT2D eigenvalue weighted by Crippen LogP contribution is -2.66. The van der Waals surface area contributed by atoms with E-state index in [1.54, 1.807) is 18.5 Å². The number of allylic oxidation sites excluding steroid dienone is 2. The normalized spacial score (nSPS) is 41.0. The number of carbonyl (C=O) groups excluding carboxylic acids is 3. The molecule has 0 saturated heterocycles. The quantitative estimate of drug-likeness (QED) is 0.256. The zero-order chi connectivity index (χ0) is 38.5. The summed E-state index contributed by atoms with van der Waals surface area (Å²) in [6.45, 7) is 20.6. The van der Waals surface area contributed by atoms with Crippen LogP contribution in [0, 0.1) is 68.0 Å². The van der Waals surface area contributed by atoms with Crippen LogP contribution >= 0.6 is 0 Å². The molecule has 1 amide bonds. The number of hydrogen-bond acceptors (Lipinski definition) is 7. The number of rotatable bonds is 8. The molecular formula is C44H63N3O6. The maximum absolute atomic E-state index is 14.0. The van der Waals surface area contributed by atoms with Gasteiger partial charge in [0.25, 0.3) is 0 Å². The summed E-state index contributed by atoms with van der Waals surface area (Å²) in [5.41, 5.74) is 1.17. The zero-order valence-corrected chi connectivity index (χ0v) is 33.6. The molecule has 6 aliphatic rings. The van der Waals surface area contributed by atoms with Gasteiger partial charge in [-0.25, -0.2) is 9.97 Å². The van der Waals surface area contributed by atoms with Gasteiger partial charge < -0.3 is 15.2 Å². The van der Waals surface area contributed by atoms with E-state index in [-0.39, 0.29) is 69.7 Å². The molecule has 7 rings (SSSR count). The molecule has 5 saturated carbocycles. The van der Waals surface area contributed by atoms with E-state index in [4.69, 9.17) is 4.74 Å². The highest BCUT2D eigenvalue weighted by atomic mass is 16.5. The molecule has 0 aromatic carbocycles. The first-order valence-electron chi connectivity index (χ1n) is 20.5. The molecule has 0 spiro atoms. The van der Waals surface area contributed by atoms with Crippen LogP contribution in [0.2, 0.25) is 0 Å². The standard InChI is InChI=1S/C44H63N3O6/c1-25(2)35-29(48)22-44(23-34(49)47-24-33-45-19-10-20-46-33)18-17-42(8)26(36(35)44)11-12-31-41(7)15-14-32(40(5,6)30(41)13-16-43(31,42)9)53-38(52)28-21-27(37(50)51)39(28,3)4/h10,19-20,25-28,30-32H,11-18,21-24H2,1-9H3,(H,47,49)(H,50,51)/t26-,27+,28-,30+,31-,32+,41+,42-,43-,44?/m1/s1. The highest BCUT2D eigenvalue weighted by molar-refractivity contribution is 6.01. The number of aliphatic carboxylic acids is 1. The summed E-state index contributed by atoms with van der Waals surface area (Å²) < 4.78 is 6.40. The van der Waals surface area contributed by atoms with E-state index in [9.17, 15) is 24.3 Å². The summed E-state index contributed by atoms with van der Waals surface area (Å²) in [6.07, 6.45) is 12.2. The zero-order valence-electron chi connectivity index (χ0n) is 33.6. The summed E-state index contributed by atoms with van der Waals surface area (Å²) in [5, 5.41) is 12.7. The molecule has 5 fully saturated rings. The van der Waals surface area contributed by atoms with Gasteiger partial charge in [0.1, 0.15) is 11.9 Å². The molecule has 2 N–H and O–H groups in total. The summed E-state index contributed by atoms with van der Waals surface area (Å²) in [6, 6.07) is 1.76. The first kappa shape index (κ1) is 38.2. The van der Waals surface area contributed by atoms with Gasteiger partial charge in [-0.1, -0.05) is 67.9 Å². The van der Waals surface area contributed by atoms with Crippen molar-refractivity contribution in [1.82, 2.24) is 15.3 Å². The van der Waals surface area contributed by atoms with Crippen molar-refractivity contribution in [2.24, 2.45) is 68.0 Å². The summed E-state index contributed by atoms with van der Waals surface area (Å²) >= 11 is 0. The van der Waals surface area contributed by atoms with E-state index in [0.717, 1.165) is 56.9 Å². The van der Waals surface area contributed by atoms with Gasteiger partial charge in [0.2, 0.25) is 5.91 Å². The minimum atomic E-state index is -0.832. The largest absolute Gasteiger partial charge is 0.481 e. The molecular weight excluding hydrogens is 666 g/mol. The van der Waals surface area contributed by atoms with Crippen molar-refractivity contribution in [2.45, 2.75) is 146 Å². The fraction of sp³-hybridized carbons (Fsp3) is 0.773. The topological polar surface area (TPSA) is 136 Å². The predicted molar refractivity (Wildman–Crippen MR) is 201 cm³/mol. The molecule has 1 unspecified atom stereocenters. The molecule has 1 aromatic rings. The Kier molecular flexibility index (Phi) is 9.17. The number of esters is 1. The smallest absolute Gasteiger partial charge is 0.309 e. The number of carboxylic acids is 1. The van der Waals surface area contributed by atoms with Crippen molar-refractivity contribution < 1.29 is 29.0 Å². The van der Waals surface area contributed by atoms with E-state index in [1.807, 2.05) is 13.8 Å². The summed E-state index contributed by atoms with van der Waals surface area (Å²) in [7, 11) is 0. The Morgan fingerprint density at radius 1 is 0.868 bits per heavy atom. The van der Waals surface area contributed by atoms with Crippen molar-refractivity contribution >= 4 is 23.6 Å². The number of nitrogens with one attached hydrogen (secondary N) is 1. The fourth-order valence-electron chi connectivity index (χ4n) is 14.1. The Labute approximate surface area is 316 Å². The number of fused-ring (bicyclic) bond motifs is 7. The van der Waals surface area contributed by atoms with Crippen molar-refractivity contribution in [3.05, 3.63) is 35.4 Å². The van der Waals surface area contributed by atoms with Crippen LogP contribution in [0.25, 0.3) is 0 Å². The van der Waals surface area contributed by atoms with Crippen LogP contribution in [0.5, 0.6) is 0 Å². The van der Waals surface area contributed by atoms with E-state index in [0.29, 0.717) is 36.9 Å². The predicted octanol–water partition coefficient (Wildman–Crippen LogP) is 8.12. The third-order valence-electron chi connectivity index (χ3n) is 17.2. The molecule has 9 heteroatoms. The van der Waals surface area contributed by atoms with Crippen LogP contribution in [-0.2, 0) is 30.5 Å². The first-order valence-corrected chi connectivity index (χ1v) is 20.5. The van der Waals surface area contributed by atoms with Gasteiger partial charge >= 0.3 is 11.9 Å². The molecule has 0 aliphatic heterocycles. The number of hydrogen-bond donors (Lipinski definition) is 2. The molecule has 1 heterocycles. The fourth-order valence-corrected chi connectivity index (χ4v) is 14.1. The molecule has 6 aliphatic carbocycles. The van der Waals surface area contributed by atoms with Crippen LogP contribution in [0.1, 0.15) is 139 Å². The molecule has 290 valence electrons. The van der Waals surface area contributed by atoms with Crippen molar-refractivity contribution in [1.29, 1.82) is 0 Å². The Bertz CT molecular complexity index is 1720. The molecule has 9 nitrogen and oxygen atoms in total.